The number of amides is 1. The Morgan fingerprint density at radius 3 is 2.55 bits per heavy atom. The largest absolute Gasteiger partial charge is 0.351 e. The fourth-order valence-electron chi connectivity index (χ4n) is 2.38. The second-order valence-corrected chi connectivity index (χ2v) is 5.70. The molecule has 0 unspecified atom stereocenters. The van der Waals surface area contributed by atoms with Crippen LogP contribution in [0.1, 0.15) is 56.6 Å². The third-order valence-electron chi connectivity index (χ3n) is 3.60. The van der Waals surface area contributed by atoms with Crippen molar-refractivity contribution in [3.63, 3.8) is 0 Å². The molecule has 0 spiro atoms. The Kier molecular flexibility index (Phi) is 5.31. The molecule has 1 amide bonds. The predicted octanol–water partition coefficient (Wildman–Crippen LogP) is 2.90. The van der Waals surface area contributed by atoms with E-state index in [1.54, 1.807) is 18.2 Å². The summed E-state index contributed by atoms with van der Waals surface area (Å²) in [7, 11) is 0. The van der Waals surface area contributed by atoms with Crippen LogP contribution in [0.4, 0.5) is 0 Å². The Balaban J connectivity index is 2.42. The highest BCUT2D eigenvalue weighted by Crippen LogP contribution is 2.14. The Morgan fingerprint density at radius 2 is 1.91 bits per heavy atom. The minimum absolute atomic E-state index is 0.0938. The maximum Gasteiger partial charge on any atom is 0.274 e. The van der Waals surface area contributed by atoms with E-state index >= 15 is 0 Å². The molecule has 0 saturated carbocycles. The van der Waals surface area contributed by atoms with Crippen LogP contribution in [0.5, 0.6) is 0 Å². The van der Waals surface area contributed by atoms with Gasteiger partial charge in [0.15, 0.2) is 5.69 Å². The van der Waals surface area contributed by atoms with Crippen LogP contribution in [0, 0.1) is 0 Å². The molecule has 1 aromatic carbocycles. The van der Waals surface area contributed by atoms with E-state index in [0.29, 0.717) is 23.0 Å². The SMILES string of the molecule is CCCCCNC(=O)c1nn(C(C)C)c(=O)c2ccccc12. The highest BCUT2D eigenvalue weighted by atomic mass is 16.2. The maximum atomic E-state index is 12.4. The number of benzene rings is 1. The van der Waals surface area contributed by atoms with E-state index in [9.17, 15) is 9.59 Å². The van der Waals surface area contributed by atoms with Crippen LogP contribution in [0.3, 0.4) is 0 Å². The first kappa shape index (κ1) is 16.2. The van der Waals surface area contributed by atoms with Gasteiger partial charge in [-0.2, -0.15) is 5.10 Å². The van der Waals surface area contributed by atoms with Crippen molar-refractivity contribution in [2.75, 3.05) is 6.54 Å². The minimum atomic E-state index is -0.221. The van der Waals surface area contributed by atoms with E-state index in [4.69, 9.17) is 0 Å². The molecule has 1 heterocycles. The van der Waals surface area contributed by atoms with Gasteiger partial charge in [0.1, 0.15) is 0 Å². The number of carbonyl (C=O) groups excluding carboxylic acids is 1. The van der Waals surface area contributed by atoms with Crippen LogP contribution in [-0.4, -0.2) is 22.2 Å². The third kappa shape index (κ3) is 3.35. The van der Waals surface area contributed by atoms with Crippen molar-refractivity contribution in [1.82, 2.24) is 15.1 Å². The van der Waals surface area contributed by atoms with Crippen molar-refractivity contribution in [2.24, 2.45) is 0 Å². The number of hydrogen-bond donors (Lipinski definition) is 1. The summed E-state index contributed by atoms with van der Waals surface area (Å²) in [5, 5.41) is 8.33. The van der Waals surface area contributed by atoms with Crippen LogP contribution in [0.25, 0.3) is 10.8 Å². The summed E-state index contributed by atoms with van der Waals surface area (Å²) < 4.78 is 1.38. The fourth-order valence-corrected chi connectivity index (χ4v) is 2.38. The van der Waals surface area contributed by atoms with Crippen molar-refractivity contribution >= 4 is 16.7 Å². The lowest BCUT2D eigenvalue weighted by atomic mass is 10.1. The van der Waals surface area contributed by atoms with Crippen molar-refractivity contribution in [3.05, 3.63) is 40.3 Å². The van der Waals surface area contributed by atoms with Crippen LogP contribution < -0.4 is 10.9 Å². The number of rotatable bonds is 6. The molecular formula is C17H23N3O2. The van der Waals surface area contributed by atoms with Gasteiger partial charge in [-0.25, -0.2) is 4.68 Å². The number of unbranched alkanes of at least 4 members (excludes halogenated alkanes) is 2. The summed E-state index contributed by atoms with van der Waals surface area (Å²) in [6.45, 7) is 6.51. The molecule has 5 heteroatoms. The molecule has 0 bridgehead atoms. The maximum absolute atomic E-state index is 12.4. The number of carbonyl (C=O) groups is 1. The van der Waals surface area contributed by atoms with Crippen molar-refractivity contribution in [1.29, 1.82) is 0 Å². The van der Waals surface area contributed by atoms with Gasteiger partial charge in [0.2, 0.25) is 0 Å². The molecule has 118 valence electrons. The molecule has 0 aliphatic rings. The van der Waals surface area contributed by atoms with E-state index in [1.807, 2.05) is 19.9 Å². The van der Waals surface area contributed by atoms with Crippen LogP contribution in [-0.2, 0) is 0 Å². The summed E-state index contributed by atoms with van der Waals surface area (Å²) in [6.07, 6.45) is 3.14. The first-order chi connectivity index (χ1) is 10.6. The number of aromatic nitrogens is 2. The molecule has 0 aliphatic heterocycles. The standard InChI is InChI=1S/C17H23N3O2/c1-4-5-8-11-18-16(21)15-13-9-6-7-10-14(13)17(22)20(19-15)12(2)3/h6-7,9-10,12H,4-5,8,11H2,1-3H3,(H,18,21). The number of nitrogens with one attached hydrogen (secondary N) is 1. The van der Waals surface area contributed by atoms with Gasteiger partial charge < -0.3 is 5.32 Å². The summed E-state index contributed by atoms with van der Waals surface area (Å²) in [6, 6.07) is 7.04. The van der Waals surface area contributed by atoms with Gasteiger partial charge >= 0.3 is 0 Å². The first-order valence-electron chi connectivity index (χ1n) is 7.86. The molecule has 0 fully saturated rings. The normalized spacial score (nSPS) is 11.1. The highest BCUT2D eigenvalue weighted by Gasteiger charge is 2.17. The second kappa shape index (κ2) is 7.20. The zero-order valence-electron chi connectivity index (χ0n) is 13.4. The number of nitrogens with zero attached hydrogens (tertiary/aromatic N) is 2. The van der Waals surface area contributed by atoms with Gasteiger partial charge in [-0.3, -0.25) is 9.59 Å². The zero-order valence-corrected chi connectivity index (χ0v) is 13.4. The molecule has 5 nitrogen and oxygen atoms in total. The molecular weight excluding hydrogens is 278 g/mol. The molecule has 0 radical (unpaired) electrons. The van der Waals surface area contributed by atoms with E-state index in [-0.39, 0.29) is 17.5 Å². The van der Waals surface area contributed by atoms with Gasteiger partial charge in [-0.1, -0.05) is 38.0 Å². The Labute approximate surface area is 130 Å². The Hall–Kier alpha value is -2.17. The molecule has 0 atom stereocenters. The van der Waals surface area contributed by atoms with Crippen molar-refractivity contribution in [2.45, 2.75) is 46.1 Å². The van der Waals surface area contributed by atoms with E-state index in [1.165, 1.54) is 4.68 Å². The monoisotopic (exact) mass is 301 g/mol. The Bertz CT molecular complexity index is 719. The van der Waals surface area contributed by atoms with Crippen molar-refractivity contribution in [3.8, 4) is 0 Å². The lowest BCUT2D eigenvalue weighted by molar-refractivity contribution is 0.0947. The van der Waals surface area contributed by atoms with E-state index < -0.39 is 0 Å². The molecule has 0 aliphatic carbocycles. The number of hydrogen-bond acceptors (Lipinski definition) is 3. The Morgan fingerprint density at radius 1 is 1.23 bits per heavy atom. The highest BCUT2D eigenvalue weighted by molar-refractivity contribution is 6.04. The van der Waals surface area contributed by atoms with Gasteiger partial charge in [0.05, 0.1) is 11.4 Å². The summed E-state index contributed by atoms with van der Waals surface area (Å²) in [5.74, 6) is -0.221. The smallest absolute Gasteiger partial charge is 0.274 e. The molecule has 1 N–H and O–H groups in total. The van der Waals surface area contributed by atoms with E-state index in [0.717, 1.165) is 19.3 Å². The molecule has 1 aromatic heterocycles. The average molecular weight is 301 g/mol. The number of fused-ring (bicyclic) bond motifs is 1. The van der Waals surface area contributed by atoms with Gasteiger partial charge in [-0.05, 0) is 26.3 Å². The second-order valence-electron chi connectivity index (χ2n) is 5.70. The molecule has 0 saturated heterocycles. The topological polar surface area (TPSA) is 64.0 Å². The van der Waals surface area contributed by atoms with Crippen LogP contribution >= 0.6 is 0 Å². The predicted molar refractivity (Wildman–Crippen MR) is 88.2 cm³/mol. The van der Waals surface area contributed by atoms with Crippen LogP contribution in [0.2, 0.25) is 0 Å². The van der Waals surface area contributed by atoms with Gasteiger partial charge in [0, 0.05) is 11.9 Å². The minimum Gasteiger partial charge on any atom is -0.351 e. The van der Waals surface area contributed by atoms with Gasteiger partial charge in [0.25, 0.3) is 11.5 Å². The molecule has 2 rings (SSSR count). The third-order valence-corrected chi connectivity index (χ3v) is 3.60. The fraction of sp³-hybridized carbons (Fsp3) is 0.471. The van der Waals surface area contributed by atoms with Crippen molar-refractivity contribution < 1.29 is 4.79 Å². The lowest BCUT2D eigenvalue weighted by Crippen LogP contribution is -2.32. The van der Waals surface area contributed by atoms with Crippen LogP contribution in [0.15, 0.2) is 29.1 Å². The first-order valence-corrected chi connectivity index (χ1v) is 7.86. The lowest BCUT2D eigenvalue weighted by Gasteiger charge is -2.13. The van der Waals surface area contributed by atoms with E-state index in [2.05, 4.69) is 17.3 Å². The molecule has 2 aromatic rings. The van der Waals surface area contributed by atoms with Gasteiger partial charge in [-0.15, -0.1) is 0 Å². The summed E-state index contributed by atoms with van der Waals surface area (Å²) >= 11 is 0. The zero-order chi connectivity index (χ0) is 16.1. The summed E-state index contributed by atoms with van der Waals surface area (Å²) in [4.78, 5) is 24.8. The summed E-state index contributed by atoms with van der Waals surface area (Å²) in [5.41, 5.74) is 0.161. The average Bonchev–Trinajstić information content (AvgIpc) is 2.51. The molecule has 22 heavy (non-hydrogen) atoms. The quantitative estimate of drug-likeness (QED) is 0.834.